The van der Waals surface area contributed by atoms with Gasteiger partial charge >= 0.3 is 0 Å². The highest BCUT2D eigenvalue weighted by molar-refractivity contribution is 7.17. The number of aromatic nitrogens is 2. The lowest BCUT2D eigenvalue weighted by Gasteiger charge is -2.13. The predicted molar refractivity (Wildman–Crippen MR) is 50.0 cm³/mol. The summed E-state index contributed by atoms with van der Waals surface area (Å²) in [7, 11) is 1.79. The molecule has 1 fully saturated rings. The van der Waals surface area contributed by atoms with Gasteiger partial charge < -0.3 is 4.90 Å². The highest BCUT2D eigenvalue weighted by Gasteiger charge is 2.31. The molecular weight excluding hydrogens is 210 g/mol. The molecule has 4 nitrogen and oxygen atoms in total. The maximum absolute atomic E-state index is 11.6. The molecule has 0 aromatic carbocycles. The van der Waals surface area contributed by atoms with Gasteiger partial charge in [0.25, 0.3) is 5.91 Å². The van der Waals surface area contributed by atoms with Gasteiger partial charge in [-0.25, -0.2) is 0 Å². The molecule has 70 valence electrons. The van der Waals surface area contributed by atoms with Crippen molar-refractivity contribution in [1.29, 1.82) is 0 Å². The number of rotatable bonds is 2. The van der Waals surface area contributed by atoms with Crippen LogP contribution in [0.2, 0.25) is 4.47 Å². The molecule has 0 spiro atoms. The molecule has 0 aliphatic heterocycles. The van der Waals surface area contributed by atoms with Gasteiger partial charge in [0.05, 0.1) is 0 Å². The minimum atomic E-state index is -0.0769. The summed E-state index contributed by atoms with van der Waals surface area (Å²) in [5, 5.41) is 7.65. The first-order valence-corrected chi connectivity index (χ1v) is 5.14. The highest BCUT2D eigenvalue weighted by atomic mass is 35.5. The van der Waals surface area contributed by atoms with Gasteiger partial charge in [-0.2, -0.15) is 0 Å². The van der Waals surface area contributed by atoms with Crippen LogP contribution < -0.4 is 0 Å². The van der Waals surface area contributed by atoms with Crippen LogP contribution in [0.25, 0.3) is 0 Å². The van der Waals surface area contributed by atoms with Gasteiger partial charge in [0, 0.05) is 13.1 Å². The number of carbonyl (C=O) groups is 1. The SMILES string of the molecule is CN(C(=O)c1nnc(Cl)s1)C1CC1. The van der Waals surface area contributed by atoms with E-state index in [1.807, 2.05) is 0 Å². The lowest BCUT2D eigenvalue weighted by Crippen LogP contribution is -2.28. The molecule has 2 rings (SSSR count). The van der Waals surface area contributed by atoms with Crippen molar-refractivity contribution in [1.82, 2.24) is 15.1 Å². The average molecular weight is 218 g/mol. The van der Waals surface area contributed by atoms with Crippen molar-refractivity contribution in [2.24, 2.45) is 0 Å². The van der Waals surface area contributed by atoms with Crippen LogP contribution in [0.3, 0.4) is 0 Å². The normalized spacial score (nSPS) is 15.8. The zero-order valence-electron chi connectivity index (χ0n) is 7.03. The standard InChI is InChI=1S/C7H8ClN3OS/c1-11(4-2-3-4)6(12)5-9-10-7(8)13-5/h4H,2-3H2,1H3. The molecule has 0 radical (unpaired) electrons. The van der Waals surface area contributed by atoms with E-state index in [-0.39, 0.29) is 5.91 Å². The van der Waals surface area contributed by atoms with Crippen molar-refractivity contribution in [2.75, 3.05) is 7.05 Å². The summed E-state index contributed by atoms with van der Waals surface area (Å²) >= 11 is 6.70. The van der Waals surface area contributed by atoms with Gasteiger partial charge in [-0.3, -0.25) is 4.79 Å². The Bertz CT molecular complexity index is 336. The fourth-order valence-electron chi connectivity index (χ4n) is 1.07. The fourth-order valence-corrected chi connectivity index (χ4v) is 1.88. The average Bonchev–Trinajstić information content (AvgIpc) is 2.87. The Morgan fingerprint density at radius 2 is 2.31 bits per heavy atom. The quantitative estimate of drug-likeness (QED) is 0.753. The van der Waals surface area contributed by atoms with Crippen molar-refractivity contribution < 1.29 is 4.79 Å². The third-order valence-electron chi connectivity index (χ3n) is 2.00. The van der Waals surface area contributed by atoms with Crippen LogP contribution in [0.4, 0.5) is 0 Å². The molecule has 1 heterocycles. The summed E-state index contributed by atoms with van der Waals surface area (Å²) in [6.07, 6.45) is 2.18. The van der Waals surface area contributed by atoms with Crippen molar-refractivity contribution in [2.45, 2.75) is 18.9 Å². The van der Waals surface area contributed by atoms with Crippen molar-refractivity contribution in [3.8, 4) is 0 Å². The molecule has 0 saturated heterocycles. The summed E-state index contributed by atoms with van der Waals surface area (Å²) < 4.78 is 0.313. The molecule has 1 aliphatic rings. The second kappa shape index (κ2) is 3.23. The van der Waals surface area contributed by atoms with E-state index in [1.54, 1.807) is 11.9 Å². The second-order valence-electron chi connectivity index (χ2n) is 3.01. The number of carbonyl (C=O) groups excluding carboxylic acids is 1. The van der Waals surface area contributed by atoms with Crippen molar-refractivity contribution >= 4 is 28.8 Å². The largest absolute Gasteiger partial charge is 0.337 e. The zero-order valence-corrected chi connectivity index (χ0v) is 8.60. The summed E-state index contributed by atoms with van der Waals surface area (Å²) in [6.45, 7) is 0. The Morgan fingerprint density at radius 1 is 1.62 bits per heavy atom. The smallest absolute Gasteiger partial charge is 0.284 e. The highest BCUT2D eigenvalue weighted by Crippen LogP contribution is 2.27. The van der Waals surface area contributed by atoms with Crippen LogP contribution in [0.15, 0.2) is 0 Å². The molecule has 6 heteroatoms. The third-order valence-corrected chi connectivity index (χ3v) is 3.00. The van der Waals surface area contributed by atoms with Gasteiger partial charge in [0.2, 0.25) is 9.47 Å². The number of nitrogens with zero attached hydrogens (tertiary/aromatic N) is 3. The van der Waals surface area contributed by atoms with Crippen molar-refractivity contribution in [3.05, 3.63) is 9.47 Å². The Balaban J connectivity index is 2.11. The molecule has 0 atom stereocenters. The summed E-state index contributed by atoms with van der Waals surface area (Å²) in [5.41, 5.74) is 0. The lowest BCUT2D eigenvalue weighted by atomic mass is 10.5. The van der Waals surface area contributed by atoms with Gasteiger partial charge in [-0.05, 0) is 24.4 Å². The Morgan fingerprint density at radius 3 is 2.77 bits per heavy atom. The lowest BCUT2D eigenvalue weighted by molar-refractivity contribution is 0.0784. The van der Waals surface area contributed by atoms with E-state index in [9.17, 15) is 4.79 Å². The molecule has 0 N–H and O–H groups in total. The van der Waals surface area contributed by atoms with Gasteiger partial charge in [0.1, 0.15) is 0 Å². The molecule has 13 heavy (non-hydrogen) atoms. The first kappa shape index (κ1) is 8.90. The molecule has 1 aromatic heterocycles. The molecule has 1 saturated carbocycles. The number of hydrogen-bond acceptors (Lipinski definition) is 4. The Hall–Kier alpha value is -0.680. The minimum absolute atomic E-state index is 0.0769. The summed E-state index contributed by atoms with van der Waals surface area (Å²) in [5.74, 6) is -0.0769. The first-order chi connectivity index (χ1) is 6.18. The van der Waals surface area contributed by atoms with E-state index in [0.717, 1.165) is 24.2 Å². The van der Waals surface area contributed by atoms with E-state index < -0.39 is 0 Å². The minimum Gasteiger partial charge on any atom is -0.337 e. The number of halogens is 1. The molecule has 1 aromatic rings. The van der Waals surface area contributed by atoms with Gasteiger partial charge in [-0.15, -0.1) is 10.2 Å². The third kappa shape index (κ3) is 1.81. The Kier molecular flexibility index (Phi) is 2.21. The second-order valence-corrected chi connectivity index (χ2v) is 4.57. The maximum Gasteiger partial charge on any atom is 0.284 e. The van der Waals surface area contributed by atoms with Gasteiger partial charge in [-0.1, -0.05) is 11.3 Å². The van der Waals surface area contributed by atoms with Crippen LogP contribution >= 0.6 is 22.9 Å². The predicted octanol–water partition coefficient (Wildman–Crippen LogP) is 1.43. The molecular formula is C7H8ClN3OS. The van der Waals surface area contributed by atoms with Crippen LogP contribution in [0.1, 0.15) is 22.6 Å². The van der Waals surface area contributed by atoms with Crippen LogP contribution in [-0.4, -0.2) is 34.1 Å². The van der Waals surface area contributed by atoms with Gasteiger partial charge in [0.15, 0.2) is 0 Å². The monoisotopic (exact) mass is 217 g/mol. The summed E-state index contributed by atoms with van der Waals surface area (Å²) in [6, 6.07) is 0.398. The molecule has 1 aliphatic carbocycles. The topological polar surface area (TPSA) is 46.1 Å². The Labute approximate surface area is 84.5 Å². The summed E-state index contributed by atoms with van der Waals surface area (Å²) in [4.78, 5) is 13.3. The first-order valence-electron chi connectivity index (χ1n) is 3.94. The van der Waals surface area contributed by atoms with E-state index in [0.29, 0.717) is 15.5 Å². The zero-order chi connectivity index (χ0) is 9.42. The van der Waals surface area contributed by atoms with E-state index >= 15 is 0 Å². The van der Waals surface area contributed by atoms with Crippen LogP contribution in [-0.2, 0) is 0 Å². The van der Waals surface area contributed by atoms with E-state index in [4.69, 9.17) is 11.6 Å². The molecule has 0 unspecified atom stereocenters. The number of hydrogen-bond donors (Lipinski definition) is 0. The molecule has 0 bridgehead atoms. The van der Waals surface area contributed by atoms with E-state index in [2.05, 4.69) is 10.2 Å². The van der Waals surface area contributed by atoms with E-state index in [1.165, 1.54) is 0 Å². The van der Waals surface area contributed by atoms with Crippen LogP contribution in [0.5, 0.6) is 0 Å². The maximum atomic E-state index is 11.6. The van der Waals surface area contributed by atoms with Crippen molar-refractivity contribution in [3.63, 3.8) is 0 Å². The van der Waals surface area contributed by atoms with Crippen LogP contribution in [0, 0.1) is 0 Å². The number of amides is 1. The fraction of sp³-hybridized carbons (Fsp3) is 0.571. The molecule has 1 amide bonds.